The molecule has 0 fully saturated rings. The number of hydrogen-bond acceptors (Lipinski definition) is 6. The topological polar surface area (TPSA) is 86.6 Å². The van der Waals surface area contributed by atoms with Gasteiger partial charge in [0.25, 0.3) is 11.8 Å². The summed E-state index contributed by atoms with van der Waals surface area (Å²) in [4.78, 5) is 32.4. The van der Waals surface area contributed by atoms with Crippen LogP contribution >= 0.6 is 11.6 Å². The van der Waals surface area contributed by atoms with Crippen LogP contribution < -0.4 is 14.4 Å². The molecule has 8 nitrogen and oxygen atoms in total. The van der Waals surface area contributed by atoms with E-state index < -0.39 is 11.8 Å². The molecule has 0 radical (unpaired) electrons. The van der Waals surface area contributed by atoms with Gasteiger partial charge in [-0.1, -0.05) is 11.6 Å². The normalized spacial score (nSPS) is 13.1. The molecule has 2 aromatic carbocycles. The maximum atomic E-state index is 13.6. The van der Waals surface area contributed by atoms with Gasteiger partial charge in [-0.05, 0) is 43.3 Å². The van der Waals surface area contributed by atoms with E-state index in [0.717, 1.165) is 10.6 Å². The molecule has 2 amide bonds. The lowest BCUT2D eigenvalue weighted by atomic mass is 10.1. The van der Waals surface area contributed by atoms with Crippen LogP contribution in [0.3, 0.4) is 0 Å². The Morgan fingerprint density at radius 1 is 0.969 bits per heavy atom. The third-order valence-corrected chi connectivity index (χ3v) is 5.67. The van der Waals surface area contributed by atoms with Crippen LogP contribution in [-0.4, -0.2) is 40.8 Å². The van der Waals surface area contributed by atoms with Crippen LogP contribution in [0.1, 0.15) is 26.4 Å². The number of fused-ring (bicyclic) bond motifs is 3. The van der Waals surface area contributed by atoms with E-state index in [1.807, 2.05) is 12.1 Å². The lowest BCUT2D eigenvalue weighted by Gasteiger charge is -2.18. The summed E-state index contributed by atoms with van der Waals surface area (Å²) in [6.07, 6.45) is 1.41. The van der Waals surface area contributed by atoms with Crippen LogP contribution in [0.25, 0.3) is 16.7 Å². The van der Waals surface area contributed by atoms with E-state index in [0.29, 0.717) is 38.9 Å². The molecule has 0 saturated heterocycles. The van der Waals surface area contributed by atoms with Crippen molar-refractivity contribution in [2.75, 3.05) is 19.1 Å². The predicted molar refractivity (Wildman–Crippen MR) is 119 cm³/mol. The molecule has 0 bridgehead atoms. The number of halogens is 1. The minimum atomic E-state index is -0.482. The average Bonchev–Trinajstić information content (AvgIpc) is 3.27. The highest BCUT2D eigenvalue weighted by Crippen LogP contribution is 2.39. The zero-order valence-electron chi connectivity index (χ0n) is 17.4. The Labute approximate surface area is 187 Å². The second-order valence-corrected chi connectivity index (χ2v) is 7.64. The van der Waals surface area contributed by atoms with E-state index in [9.17, 15) is 9.59 Å². The van der Waals surface area contributed by atoms with Gasteiger partial charge in [-0.15, -0.1) is 0 Å². The number of anilines is 1. The second kappa shape index (κ2) is 7.35. The summed E-state index contributed by atoms with van der Waals surface area (Å²) in [5.74, 6) is -0.0854. The van der Waals surface area contributed by atoms with E-state index in [2.05, 4.69) is 10.1 Å². The van der Waals surface area contributed by atoms with Crippen molar-refractivity contribution in [2.24, 2.45) is 0 Å². The maximum absolute atomic E-state index is 13.6. The molecular formula is C23H17ClN4O4. The van der Waals surface area contributed by atoms with Crippen molar-refractivity contribution in [2.45, 2.75) is 6.92 Å². The van der Waals surface area contributed by atoms with Gasteiger partial charge < -0.3 is 9.47 Å². The molecule has 5 rings (SSSR count). The summed E-state index contributed by atoms with van der Waals surface area (Å²) < 4.78 is 12.3. The number of carbonyl (C=O) groups excluding carboxylic acids is 2. The number of aromatic nitrogens is 3. The van der Waals surface area contributed by atoms with E-state index in [-0.39, 0.29) is 11.1 Å². The smallest absolute Gasteiger partial charge is 0.267 e. The maximum Gasteiger partial charge on any atom is 0.267 e. The highest BCUT2D eigenvalue weighted by Gasteiger charge is 2.41. The second-order valence-electron chi connectivity index (χ2n) is 7.20. The van der Waals surface area contributed by atoms with Gasteiger partial charge in [0.1, 0.15) is 11.5 Å². The van der Waals surface area contributed by atoms with E-state index in [1.165, 1.54) is 20.4 Å². The fourth-order valence-corrected chi connectivity index (χ4v) is 4.04. The van der Waals surface area contributed by atoms with Crippen LogP contribution in [0.15, 0.2) is 48.7 Å². The molecule has 0 unspecified atom stereocenters. The first-order chi connectivity index (χ1) is 15.4. The summed E-state index contributed by atoms with van der Waals surface area (Å²) in [5, 5.41) is 5.69. The number of aryl methyl sites for hydroxylation is 1. The number of ether oxygens (including phenoxy) is 2. The van der Waals surface area contributed by atoms with Gasteiger partial charge in [-0.25, -0.2) is 14.6 Å². The van der Waals surface area contributed by atoms with Gasteiger partial charge in [0.05, 0.1) is 47.8 Å². The minimum Gasteiger partial charge on any atom is -0.497 e. The molecule has 1 aliphatic rings. The van der Waals surface area contributed by atoms with Crippen molar-refractivity contribution in [3.05, 3.63) is 70.5 Å². The van der Waals surface area contributed by atoms with Gasteiger partial charge in [0.15, 0.2) is 5.65 Å². The van der Waals surface area contributed by atoms with Gasteiger partial charge in [0.2, 0.25) is 0 Å². The first kappa shape index (κ1) is 20.0. The Kier molecular flexibility index (Phi) is 4.60. The molecule has 4 aromatic rings. The first-order valence-electron chi connectivity index (χ1n) is 9.69. The van der Waals surface area contributed by atoms with Crippen LogP contribution in [0.4, 0.5) is 5.69 Å². The van der Waals surface area contributed by atoms with Crippen molar-refractivity contribution in [3.8, 4) is 17.2 Å². The number of nitrogens with zero attached hydrogens (tertiary/aromatic N) is 4. The van der Waals surface area contributed by atoms with Crippen LogP contribution in [0.2, 0.25) is 5.02 Å². The molecule has 1 aliphatic heterocycles. The summed E-state index contributed by atoms with van der Waals surface area (Å²) in [6.45, 7) is 1.78. The Morgan fingerprint density at radius 2 is 1.72 bits per heavy atom. The van der Waals surface area contributed by atoms with Gasteiger partial charge >= 0.3 is 0 Å². The molecule has 160 valence electrons. The van der Waals surface area contributed by atoms with Gasteiger partial charge in [-0.3, -0.25) is 9.59 Å². The van der Waals surface area contributed by atoms with Crippen molar-refractivity contribution < 1.29 is 19.1 Å². The highest BCUT2D eigenvalue weighted by molar-refractivity contribution is 6.37. The lowest BCUT2D eigenvalue weighted by Crippen LogP contribution is -2.29. The van der Waals surface area contributed by atoms with Crippen molar-refractivity contribution >= 4 is 40.1 Å². The lowest BCUT2D eigenvalue weighted by molar-refractivity contribution is 0.0925. The number of carbonyl (C=O) groups is 2. The van der Waals surface area contributed by atoms with Crippen molar-refractivity contribution in [1.29, 1.82) is 0 Å². The third-order valence-electron chi connectivity index (χ3n) is 5.42. The monoisotopic (exact) mass is 448 g/mol. The SMILES string of the molecule is COc1ccc(OC)c(N2C(=O)c3cnc4c(c(C)nn4-c4ccc(Cl)cc4)c3C2=O)c1. The number of methoxy groups -OCH3 is 2. The standard InChI is InChI=1S/C23H17ClN4O4/c1-12-19-20-16(11-25-21(19)28(26-12)14-6-4-13(24)5-7-14)22(29)27(23(20)30)17-10-15(31-2)8-9-18(17)32-3/h4-11H,1-3H3. The van der Waals surface area contributed by atoms with Crippen molar-refractivity contribution in [3.63, 3.8) is 0 Å². The van der Waals surface area contributed by atoms with Gasteiger partial charge in [-0.2, -0.15) is 5.10 Å². The molecule has 0 aliphatic carbocycles. The molecule has 0 spiro atoms. The quantitative estimate of drug-likeness (QED) is 0.435. The zero-order chi connectivity index (χ0) is 22.6. The molecule has 9 heteroatoms. The zero-order valence-corrected chi connectivity index (χ0v) is 18.2. The number of pyridine rings is 1. The van der Waals surface area contributed by atoms with Crippen LogP contribution in [-0.2, 0) is 0 Å². The molecule has 0 atom stereocenters. The average molecular weight is 449 g/mol. The fraction of sp³-hybridized carbons (Fsp3) is 0.130. The predicted octanol–water partition coefficient (Wildman–Crippen LogP) is 4.20. The number of amides is 2. The summed E-state index contributed by atoms with van der Waals surface area (Å²) >= 11 is 6.00. The largest absolute Gasteiger partial charge is 0.497 e. The number of imide groups is 1. The molecule has 2 aromatic heterocycles. The van der Waals surface area contributed by atoms with Crippen LogP contribution in [0, 0.1) is 6.92 Å². The highest BCUT2D eigenvalue weighted by atomic mass is 35.5. The Balaban J connectivity index is 1.70. The van der Waals surface area contributed by atoms with E-state index in [4.69, 9.17) is 21.1 Å². The van der Waals surface area contributed by atoms with Gasteiger partial charge in [0, 0.05) is 17.3 Å². The first-order valence-corrected chi connectivity index (χ1v) is 10.1. The summed E-state index contributed by atoms with van der Waals surface area (Å²) in [5.41, 5.74) is 2.58. The number of benzene rings is 2. The minimum absolute atomic E-state index is 0.214. The Hall–Kier alpha value is -3.91. The molecule has 0 saturated carbocycles. The third kappa shape index (κ3) is 2.84. The van der Waals surface area contributed by atoms with Crippen molar-refractivity contribution in [1.82, 2.24) is 14.8 Å². The summed E-state index contributed by atoms with van der Waals surface area (Å²) in [7, 11) is 2.99. The molecule has 3 heterocycles. The molecular weight excluding hydrogens is 432 g/mol. The molecule has 32 heavy (non-hydrogen) atoms. The van der Waals surface area contributed by atoms with E-state index >= 15 is 0 Å². The number of rotatable bonds is 4. The Morgan fingerprint density at radius 3 is 2.41 bits per heavy atom. The summed E-state index contributed by atoms with van der Waals surface area (Å²) in [6, 6.07) is 12.1. The van der Waals surface area contributed by atoms with E-state index in [1.54, 1.807) is 41.9 Å². The fourth-order valence-electron chi connectivity index (χ4n) is 3.91. The van der Waals surface area contributed by atoms with Crippen LogP contribution in [0.5, 0.6) is 11.5 Å². The number of hydrogen-bond donors (Lipinski definition) is 0. The Bertz CT molecular complexity index is 1410. The molecule has 0 N–H and O–H groups in total.